The molecular weight excluding hydrogens is 286 g/mol. The average Bonchev–Trinajstić information content (AvgIpc) is 2.92. The first-order valence-corrected chi connectivity index (χ1v) is 9.43. The summed E-state index contributed by atoms with van der Waals surface area (Å²) in [5.74, 6) is 0.823. The van der Waals surface area contributed by atoms with Crippen LogP contribution >= 0.6 is 0 Å². The maximum absolute atomic E-state index is 5.73. The number of ether oxygens (including phenoxy) is 1. The molecule has 1 heterocycles. The molecule has 0 saturated heterocycles. The van der Waals surface area contributed by atoms with Gasteiger partial charge < -0.3 is 4.74 Å². The molecular formula is C19H37N3O. The number of aromatic nitrogens is 3. The molecule has 0 N–H and O–H groups in total. The number of unbranched alkanes of at least 4 members (excludes halogenated alkanes) is 4. The molecule has 1 rings (SSSR count). The third-order valence-corrected chi connectivity index (χ3v) is 4.12. The average molecular weight is 324 g/mol. The fraction of sp³-hybridized carbons (Fsp3) is 0.895. The first-order chi connectivity index (χ1) is 10.9. The van der Waals surface area contributed by atoms with Gasteiger partial charge in [-0.15, -0.1) is 5.10 Å². The van der Waals surface area contributed by atoms with E-state index in [1.807, 2.05) is 10.9 Å². The lowest BCUT2D eigenvalue weighted by Gasteiger charge is -2.18. The van der Waals surface area contributed by atoms with E-state index in [0.717, 1.165) is 18.2 Å². The van der Waals surface area contributed by atoms with E-state index in [1.165, 1.54) is 51.4 Å². The van der Waals surface area contributed by atoms with Crippen LogP contribution in [0.2, 0.25) is 0 Å². The predicted octanol–water partition coefficient (Wildman–Crippen LogP) is 5.37. The van der Waals surface area contributed by atoms with E-state index in [0.29, 0.717) is 6.61 Å². The van der Waals surface area contributed by atoms with E-state index in [1.54, 1.807) is 0 Å². The second-order valence-electron chi connectivity index (χ2n) is 7.82. The van der Waals surface area contributed by atoms with Crippen LogP contribution < -0.4 is 0 Å². The molecule has 0 aliphatic carbocycles. The van der Waals surface area contributed by atoms with E-state index >= 15 is 0 Å². The zero-order valence-electron chi connectivity index (χ0n) is 16.0. The van der Waals surface area contributed by atoms with E-state index in [9.17, 15) is 0 Å². The van der Waals surface area contributed by atoms with Gasteiger partial charge in [-0.2, -0.15) is 0 Å². The van der Waals surface area contributed by atoms with Crippen molar-refractivity contribution in [3.63, 3.8) is 0 Å². The highest BCUT2D eigenvalue weighted by Gasteiger charge is 2.11. The van der Waals surface area contributed by atoms with Crippen molar-refractivity contribution in [3.05, 3.63) is 11.9 Å². The molecule has 0 radical (unpaired) electrons. The molecule has 4 nitrogen and oxygen atoms in total. The van der Waals surface area contributed by atoms with Crippen LogP contribution in [0, 0.1) is 5.92 Å². The Balaban J connectivity index is 2.12. The van der Waals surface area contributed by atoms with Crippen molar-refractivity contribution in [2.45, 2.75) is 105 Å². The Morgan fingerprint density at radius 2 is 1.78 bits per heavy atom. The number of hydrogen-bond acceptors (Lipinski definition) is 3. The summed E-state index contributed by atoms with van der Waals surface area (Å²) in [4.78, 5) is 0. The molecule has 0 bridgehead atoms. The molecule has 1 atom stereocenters. The Morgan fingerprint density at radius 1 is 1.09 bits per heavy atom. The van der Waals surface area contributed by atoms with Gasteiger partial charge in [0.05, 0.1) is 18.4 Å². The molecule has 0 fully saturated rings. The summed E-state index contributed by atoms with van der Waals surface area (Å²) in [5.41, 5.74) is 0.792. The molecule has 23 heavy (non-hydrogen) atoms. The Hall–Kier alpha value is -0.900. The van der Waals surface area contributed by atoms with Crippen LogP contribution in [0.15, 0.2) is 6.20 Å². The number of rotatable bonds is 12. The first kappa shape index (κ1) is 20.1. The highest BCUT2D eigenvalue weighted by Crippen LogP contribution is 2.16. The topological polar surface area (TPSA) is 39.9 Å². The van der Waals surface area contributed by atoms with Gasteiger partial charge in [-0.25, -0.2) is 0 Å². The summed E-state index contributed by atoms with van der Waals surface area (Å²) in [6, 6.07) is 0. The smallest absolute Gasteiger partial charge is 0.108 e. The molecule has 4 heteroatoms. The van der Waals surface area contributed by atoms with Gasteiger partial charge in [0, 0.05) is 6.54 Å². The lowest BCUT2D eigenvalue weighted by atomic mass is 9.98. The maximum atomic E-state index is 5.73. The van der Waals surface area contributed by atoms with Gasteiger partial charge in [0.15, 0.2) is 0 Å². The van der Waals surface area contributed by atoms with Crippen molar-refractivity contribution in [1.29, 1.82) is 0 Å². The number of nitrogens with zero attached hydrogens (tertiary/aromatic N) is 3. The van der Waals surface area contributed by atoms with E-state index < -0.39 is 0 Å². The Labute approximate surface area is 143 Å². The summed E-state index contributed by atoms with van der Waals surface area (Å²) in [5, 5.41) is 8.38. The monoisotopic (exact) mass is 323 g/mol. The summed E-state index contributed by atoms with van der Waals surface area (Å²) >= 11 is 0. The zero-order chi connectivity index (χ0) is 17.1. The van der Waals surface area contributed by atoms with E-state index in [4.69, 9.17) is 4.74 Å². The van der Waals surface area contributed by atoms with E-state index in [2.05, 4.69) is 44.9 Å². The lowest BCUT2D eigenvalue weighted by Crippen LogP contribution is -2.18. The molecule has 0 saturated carbocycles. The van der Waals surface area contributed by atoms with Gasteiger partial charge in [-0.1, -0.05) is 57.6 Å². The highest BCUT2D eigenvalue weighted by molar-refractivity contribution is 4.90. The number of aryl methyl sites for hydroxylation is 1. The van der Waals surface area contributed by atoms with Gasteiger partial charge in [0.1, 0.15) is 5.69 Å². The highest BCUT2D eigenvalue weighted by atomic mass is 16.5. The van der Waals surface area contributed by atoms with Crippen LogP contribution in [0.1, 0.15) is 91.7 Å². The first-order valence-electron chi connectivity index (χ1n) is 9.43. The Bertz CT molecular complexity index is 409. The standard InChI is InChI=1S/C19H37N3O/c1-6-7-8-9-10-12-17(2)13-11-14-22-15-18(20-21-22)16-23-19(3,4)5/h15,17H,6-14,16H2,1-5H3. The molecule has 1 unspecified atom stereocenters. The molecule has 0 aliphatic rings. The second-order valence-corrected chi connectivity index (χ2v) is 7.82. The zero-order valence-corrected chi connectivity index (χ0v) is 16.0. The van der Waals surface area contributed by atoms with Crippen LogP contribution in [-0.2, 0) is 17.9 Å². The van der Waals surface area contributed by atoms with Gasteiger partial charge >= 0.3 is 0 Å². The third kappa shape index (κ3) is 10.5. The minimum atomic E-state index is -0.129. The van der Waals surface area contributed by atoms with Crippen LogP contribution in [-0.4, -0.2) is 20.6 Å². The summed E-state index contributed by atoms with van der Waals surface area (Å²) < 4.78 is 7.68. The van der Waals surface area contributed by atoms with Crippen LogP contribution in [0.3, 0.4) is 0 Å². The normalized spacial score (nSPS) is 13.4. The van der Waals surface area contributed by atoms with Crippen molar-refractivity contribution in [3.8, 4) is 0 Å². The SMILES string of the molecule is CCCCCCCC(C)CCCn1cc(COC(C)(C)C)nn1. The molecule has 1 aromatic heterocycles. The van der Waals surface area contributed by atoms with Gasteiger partial charge in [0.2, 0.25) is 0 Å². The summed E-state index contributed by atoms with van der Waals surface area (Å²) in [6.07, 6.45) is 12.8. The maximum Gasteiger partial charge on any atom is 0.108 e. The molecule has 134 valence electrons. The number of hydrogen-bond donors (Lipinski definition) is 0. The van der Waals surface area contributed by atoms with Crippen LogP contribution in [0.25, 0.3) is 0 Å². The Kier molecular flexibility index (Phi) is 9.46. The van der Waals surface area contributed by atoms with Crippen molar-refractivity contribution >= 4 is 0 Å². The van der Waals surface area contributed by atoms with Gasteiger partial charge in [-0.05, 0) is 39.5 Å². The molecule has 0 spiro atoms. The summed E-state index contributed by atoms with van der Waals surface area (Å²) in [6.45, 7) is 12.3. The second kappa shape index (κ2) is 10.8. The largest absolute Gasteiger partial charge is 0.369 e. The quantitative estimate of drug-likeness (QED) is 0.485. The molecule has 0 amide bonds. The fourth-order valence-electron chi connectivity index (χ4n) is 2.65. The fourth-order valence-corrected chi connectivity index (χ4v) is 2.65. The van der Waals surface area contributed by atoms with Crippen molar-refractivity contribution in [2.24, 2.45) is 5.92 Å². The molecule has 0 aromatic carbocycles. The lowest BCUT2D eigenvalue weighted by molar-refractivity contribution is -0.0165. The Morgan fingerprint density at radius 3 is 2.48 bits per heavy atom. The van der Waals surface area contributed by atoms with Crippen molar-refractivity contribution in [2.75, 3.05) is 0 Å². The minimum absolute atomic E-state index is 0.129. The van der Waals surface area contributed by atoms with E-state index in [-0.39, 0.29) is 5.60 Å². The van der Waals surface area contributed by atoms with Crippen molar-refractivity contribution in [1.82, 2.24) is 15.0 Å². The van der Waals surface area contributed by atoms with Crippen LogP contribution in [0.5, 0.6) is 0 Å². The van der Waals surface area contributed by atoms with Crippen molar-refractivity contribution < 1.29 is 4.74 Å². The van der Waals surface area contributed by atoms with Gasteiger partial charge in [-0.3, -0.25) is 4.68 Å². The summed E-state index contributed by atoms with van der Waals surface area (Å²) in [7, 11) is 0. The third-order valence-electron chi connectivity index (χ3n) is 4.12. The molecule has 0 aliphatic heterocycles. The predicted molar refractivity (Wildman–Crippen MR) is 96.3 cm³/mol. The minimum Gasteiger partial charge on any atom is -0.369 e. The van der Waals surface area contributed by atoms with Crippen LogP contribution in [0.4, 0.5) is 0 Å². The molecule has 1 aromatic rings. The van der Waals surface area contributed by atoms with Gasteiger partial charge in [0.25, 0.3) is 0 Å².